The molecule has 0 fully saturated rings. The molecule has 0 aliphatic heterocycles. The van der Waals surface area contributed by atoms with E-state index in [1.807, 2.05) is 36.5 Å². The van der Waals surface area contributed by atoms with Crippen molar-refractivity contribution in [3.8, 4) is 0 Å². The minimum absolute atomic E-state index is 0.125. The maximum atomic E-state index is 5.94. The lowest BCUT2D eigenvalue weighted by molar-refractivity contribution is 0.590. The summed E-state index contributed by atoms with van der Waals surface area (Å²) in [5.41, 5.74) is 9.92. The average Bonchev–Trinajstić information content (AvgIpc) is 2.39. The van der Waals surface area contributed by atoms with E-state index in [2.05, 4.69) is 53.8 Å². The molecule has 0 radical (unpaired) electrons. The van der Waals surface area contributed by atoms with E-state index in [9.17, 15) is 0 Å². The molecule has 0 saturated heterocycles. The van der Waals surface area contributed by atoms with E-state index in [1.165, 1.54) is 5.56 Å². The zero-order chi connectivity index (χ0) is 14.8. The van der Waals surface area contributed by atoms with Gasteiger partial charge in [0.05, 0.1) is 5.69 Å². The number of aliphatic imine (C=N–C) groups is 1. The minimum atomic E-state index is 0.125. The standard InChI is InChI=1S/C17H19BrN2/c1-17(2,3)13-5-4-6-15(10-13)20-11-12-9-14(18)7-8-16(12)19/h4-11H,19H2,1-3H3. The van der Waals surface area contributed by atoms with Gasteiger partial charge in [-0.05, 0) is 41.3 Å². The molecule has 0 saturated carbocycles. The van der Waals surface area contributed by atoms with Crippen LogP contribution in [0.1, 0.15) is 31.9 Å². The van der Waals surface area contributed by atoms with Crippen LogP contribution in [0.3, 0.4) is 0 Å². The first-order valence-corrected chi connectivity index (χ1v) is 7.35. The Kier molecular flexibility index (Phi) is 4.29. The third-order valence-electron chi connectivity index (χ3n) is 3.11. The molecule has 0 aliphatic carbocycles. The molecule has 20 heavy (non-hydrogen) atoms. The monoisotopic (exact) mass is 330 g/mol. The van der Waals surface area contributed by atoms with Crippen LogP contribution in [0.2, 0.25) is 0 Å². The van der Waals surface area contributed by atoms with E-state index >= 15 is 0 Å². The van der Waals surface area contributed by atoms with Crippen molar-refractivity contribution in [3.63, 3.8) is 0 Å². The molecular weight excluding hydrogens is 312 g/mol. The Morgan fingerprint density at radius 2 is 1.85 bits per heavy atom. The number of halogens is 1. The van der Waals surface area contributed by atoms with Gasteiger partial charge in [0.15, 0.2) is 0 Å². The van der Waals surface area contributed by atoms with Crippen LogP contribution in [0, 0.1) is 0 Å². The van der Waals surface area contributed by atoms with Crippen molar-refractivity contribution in [2.24, 2.45) is 4.99 Å². The van der Waals surface area contributed by atoms with Crippen LogP contribution < -0.4 is 5.73 Å². The molecule has 104 valence electrons. The van der Waals surface area contributed by atoms with E-state index in [0.717, 1.165) is 21.4 Å². The number of hydrogen-bond donors (Lipinski definition) is 1. The normalized spacial score (nSPS) is 12.0. The maximum Gasteiger partial charge on any atom is 0.0632 e. The molecular formula is C17H19BrN2. The Bertz CT molecular complexity index is 640. The molecule has 2 nitrogen and oxygen atoms in total. The minimum Gasteiger partial charge on any atom is -0.398 e. The second-order valence-electron chi connectivity index (χ2n) is 5.83. The van der Waals surface area contributed by atoms with Gasteiger partial charge >= 0.3 is 0 Å². The van der Waals surface area contributed by atoms with Crippen molar-refractivity contribution < 1.29 is 0 Å². The maximum absolute atomic E-state index is 5.94. The Hall–Kier alpha value is -1.61. The fourth-order valence-electron chi connectivity index (χ4n) is 1.85. The van der Waals surface area contributed by atoms with Gasteiger partial charge < -0.3 is 5.73 Å². The smallest absolute Gasteiger partial charge is 0.0632 e. The molecule has 0 bridgehead atoms. The summed E-state index contributed by atoms with van der Waals surface area (Å²) in [6.45, 7) is 6.59. The van der Waals surface area contributed by atoms with Gasteiger partial charge in [-0.1, -0.05) is 48.8 Å². The Morgan fingerprint density at radius 1 is 1.10 bits per heavy atom. The molecule has 0 heterocycles. The van der Waals surface area contributed by atoms with E-state index in [4.69, 9.17) is 5.73 Å². The second kappa shape index (κ2) is 5.80. The molecule has 0 amide bonds. The van der Waals surface area contributed by atoms with Gasteiger partial charge in [0.2, 0.25) is 0 Å². The SMILES string of the molecule is CC(C)(C)c1cccc(N=Cc2cc(Br)ccc2N)c1. The lowest BCUT2D eigenvalue weighted by Crippen LogP contribution is -2.10. The van der Waals surface area contributed by atoms with Crippen LogP contribution >= 0.6 is 15.9 Å². The molecule has 2 aromatic carbocycles. The Labute approximate surface area is 128 Å². The molecule has 0 spiro atoms. The van der Waals surface area contributed by atoms with E-state index in [1.54, 1.807) is 0 Å². The lowest BCUT2D eigenvalue weighted by Gasteiger charge is -2.18. The van der Waals surface area contributed by atoms with Gasteiger partial charge in [-0.2, -0.15) is 0 Å². The number of rotatable bonds is 2. The zero-order valence-corrected chi connectivity index (χ0v) is 13.6. The fourth-order valence-corrected chi connectivity index (χ4v) is 2.23. The van der Waals surface area contributed by atoms with Crippen LogP contribution in [-0.2, 0) is 5.41 Å². The summed E-state index contributed by atoms with van der Waals surface area (Å²) in [5.74, 6) is 0. The lowest BCUT2D eigenvalue weighted by atomic mass is 9.87. The van der Waals surface area contributed by atoms with Crippen molar-refractivity contribution in [2.75, 3.05) is 5.73 Å². The van der Waals surface area contributed by atoms with Crippen molar-refractivity contribution in [2.45, 2.75) is 26.2 Å². The summed E-state index contributed by atoms with van der Waals surface area (Å²) in [6, 6.07) is 14.0. The summed E-state index contributed by atoms with van der Waals surface area (Å²) < 4.78 is 0.997. The number of nitrogens with two attached hydrogens (primary N) is 1. The molecule has 0 atom stereocenters. The third kappa shape index (κ3) is 3.70. The van der Waals surface area contributed by atoms with Crippen LogP contribution in [0.5, 0.6) is 0 Å². The second-order valence-corrected chi connectivity index (χ2v) is 6.75. The number of nitrogen functional groups attached to an aromatic ring is 1. The van der Waals surface area contributed by atoms with Crippen molar-refractivity contribution in [1.82, 2.24) is 0 Å². The van der Waals surface area contributed by atoms with Crippen molar-refractivity contribution >= 4 is 33.5 Å². The van der Waals surface area contributed by atoms with Crippen molar-refractivity contribution in [1.29, 1.82) is 0 Å². The summed E-state index contributed by atoms with van der Waals surface area (Å²) in [4.78, 5) is 4.53. The summed E-state index contributed by atoms with van der Waals surface area (Å²) >= 11 is 3.44. The third-order valence-corrected chi connectivity index (χ3v) is 3.61. The molecule has 2 N–H and O–H groups in total. The molecule has 0 unspecified atom stereocenters. The van der Waals surface area contributed by atoms with E-state index in [-0.39, 0.29) is 5.41 Å². The first-order valence-electron chi connectivity index (χ1n) is 6.56. The molecule has 2 aromatic rings. The van der Waals surface area contributed by atoms with Crippen LogP contribution in [-0.4, -0.2) is 6.21 Å². The number of anilines is 1. The van der Waals surface area contributed by atoms with Gasteiger partial charge in [0, 0.05) is 21.9 Å². The summed E-state index contributed by atoms with van der Waals surface area (Å²) in [6.07, 6.45) is 1.81. The highest BCUT2D eigenvalue weighted by Crippen LogP contribution is 2.26. The van der Waals surface area contributed by atoms with Gasteiger partial charge in [0.1, 0.15) is 0 Å². The van der Waals surface area contributed by atoms with Gasteiger partial charge in [0.25, 0.3) is 0 Å². The molecule has 0 aromatic heterocycles. The van der Waals surface area contributed by atoms with Gasteiger partial charge in [-0.3, -0.25) is 4.99 Å². The predicted molar refractivity (Wildman–Crippen MR) is 91.0 cm³/mol. The largest absolute Gasteiger partial charge is 0.398 e. The Balaban J connectivity index is 2.30. The van der Waals surface area contributed by atoms with Crippen LogP contribution in [0.4, 0.5) is 11.4 Å². The van der Waals surface area contributed by atoms with Crippen LogP contribution in [0.25, 0.3) is 0 Å². The zero-order valence-electron chi connectivity index (χ0n) is 12.0. The highest BCUT2D eigenvalue weighted by atomic mass is 79.9. The predicted octanol–water partition coefficient (Wildman–Crippen LogP) is 5.08. The highest BCUT2D eigenvalue weighted by molar-refractivity contribution is 9.10. The van der Waals surface area contributed by atoms with Crippen molar-refractivity contribution in [3.05, 3.63) is 58.1 Å². The molecule has 0 aliphatic rings. The van der Waals surface area contributed by atoms with Gasteiger partial charge in [-0.15, -0.1) is 0 Å². The first-order chi connectivity index (χ1) is 9.36. The number of benzene rings is 2. The molecule has 3 heteroatoms. The highest BCUT2D eigenvalue weighted by Gasteiger charge is 2.13. The summed E-state index contributed by atoms with van der Waals surface area (Å²) in [5, 5.41) is 0. The van der Waals surface area contributed by atoms with E-state index in [0.29, 0.717) is 0 Å². The number of hydrogen-bond acceptors (Lipinski definition) is 2. The topological polar surface area (TPSA) is 38.4 Å². The van der Waals surface area contributed by atoms with E-state index < -0.39 is 0 Å². The Morgan fingerprint density at radius 3 is 2.55 bits per heavy atom. The van der Waals surface area contributed by atoms with Crippen LogP contribution in [0.15, 0.2) is 51.9 Å². The number of nitrogens with zero attached hydrogens (tertiary/aromatic N) is 1. The summed E-state index contributed by atoms with van der Waals surface area (Å²) in [7, 11) is 0. The fraction of sp³-hybridized carbons (Fsp3) is 0.235. The van der Waals surface area contributed by atoms with Gasteiger partial charge in [-0.25, -0.2) is 0 Å². The first kappa shape index (κ1) is 14.8. The quantitative estimate of drug-likeness (QED) is 0.605. The average molecular weight is 331 g/mol. The molecule has 2 rings (SSSR count).